The van der Waals surface area contributed by atoms with Crippen LogP contribution in [0.5, 0.6) is 0 Å². The summed E-state index contributed by atoms with van der Waals surface area (Å²) in [6.07, 6.45) is 0. The first-order valence-corrected chi connectivity index (χ1v) is 6.48. The topological polar surface area (TPSA) is 59.6 Å². The smallest absolute Gasteiger partial charge is 0.0991 e. The average molecular weight is 261 g/mol. The maximum atomic E-state index is 9.22. The second-order valence-electron chi connectivity index (χ2n) is 4.53. The molecular formula is C17H15N3. The molecule has 0 amide bonds. The van der Waals surface area contributed by atoms with Gasteiger partial charge in [0.2, 0.25) is 0 Å². The predicted octanol–water partition coefficient (Wildman–Crippen LogP) is 2.96. The highest BCUT2D eigenvalue weighted by molar-refractivity contribution is 5.31. The first kappa shape index (κ1) is 13.8. The molecule has 2 rings (SSSR count). The normalized spacial score (nSPS) is 11.3. The molecule has 20 heavy (non-hydrogen) atoms. The van der Waals surface area contributed by atoms with Gasteiger partial charge >= 0.3 is 0 Å². The lowest BCUT2D eigenvalue weighted by molar-refractivity contribution is 0.652. The Morgan fingerprint density at radius 3 is 2.25 bits per heavy atom. The van der Waals surface area contributed by atoms with Crippen molar-refractivity contribution < 1.29 is 0 Å². The molecule has 0 bridgehead atoms. The van der Waals surface area contributed by atoms with E-state index < -0.39 is 0 Å². The minimum absolute atomic E-state index is 0.144. The highest BCUT2D eigenvalue weighted by Gasteiger charge is 2.09. The monoisotopic (exact) mass is 261 g/mol. The van der Waals surface area contributed by atoms with Gasteiger partial charge in [0.25, 0.3) is 0 Å². The molecule has 0 radical (unpaired) electrons. The van der Waals surface area contributed by atoms with E-state index in [9.17, 15) is 5.26 Å². The third kappa shape index (κ3) is 3.68. The molecule has 1 unspecified atom stereocenters. The number of rotatable bonds is 5. The van der Waals surface area contributed by atoms with E-state index in [1.165, 1.54) is 0 Å². The van der Waals surface area contributed by atoms with Gasteiger partial charge in [-0.2, -0.15) is 10.5 Å². The third-order valence-electron chi connectivity index (χ3n) is 3.12. The predicted molar refractivity (Wildman–Crippen MR) is 77.7 cm³/mol. The van der Waals surface area contributed by atoms with Crippen LogP contribution in [0.2, 0.25) is 0 Å². The molecule has 1 N–H and O–H groups in total. The maximum absolute atomic E-state index is 9.22. The first-order valence-electron chi connectivity index (χ1n) is 6.48. The fourth-order valence-corrected chi connectivity index (χ4v) is 1.98. The van der Waals surface area contributed by atoms with Crippen LogP contribution in [0.4, 0.5) is 0 Å². The Morgan fingerprint density at radius 1 is 0.950 bits per heavy atom. The summed E-state index contributed by atoms with van der Waals surface area (Å²) >= 11 is 0. The minimum atomic E-state index is -0.144. The van der Waals surface area contributed by atoms with Crippen molar-refractivity contribution in [1.82, 2.24) is 5.32 Å². The molecule has 0 aliphatic heterocycles. The summed E-state index contributed by atoms with van der Waals surface area (Å²) < 4.78 is 0. The van der Waals surface area contributed by atoms with Gasteiger partial charge in [0.05, 0.1) is 23.6 Å². The molecule has 0 aromatic heterocycles. The molecule has 3 nitrogen and oxygen atoms in total. The van der Waals surface area contributed by atoms with Crippen molar-refractivity contribution in [2.24, 2.45) is 0 Å². The van der Waals surface area contributed by atoms with Gasteiger partial charge in [-0.05, 0) is 23.3 Å². The quantitative estimate of drug-likeness (QED) is 0.900. The molecule has 0 spiro atoms. The molecule has 1 atom stereocenters. The van der Waals surface area contributed by atoms with Gasteiger partial charge in [-0.25, -0.2) is 0 Å². The lowest BCUT2D eigenvalue weighted by Gasteiger charge is -2.11. The van der Waals surface area contributed by atoms with Crippen LogP contribution in [0, 0.1) is 22.7 Å². The largest absolute Gasteiger partial charge is 0.311 e. The Bertz CT molecular complexity index is 618. The second-order valence-corrected chi connectivity index (χ2v) is 4.53. The molecule has 0 aliphatic rings. The van der Waals surface area contributed by atoms with Crippen LogP contribution in [0.3, 0.4) is 0 Å². The van der Waals surface area contributed by atoms with Crippen LogP contribution >= 0.6 is 0 Å². The number of hydrogen-bond acceptors (Lipinski definition) is 3. The van der Waals surface area contributed by atoms with Crippen molar-refractivity contribution in [3.63, 3.8) is 0 Å². The number of nitrogens with zero attached hydrogens (tertiary/aromatic N) is 2. The third-order valence-corrected chi connectivity index (χ3v) is 3.12. The zero-order valence-electron chi connectivity index (χ0n) is 11.1. The van der Waals surface area contributed by atoms with Crippen molar-refractivity contribution in [2.75, 3.05) is 6.54 Å². The van der Waals surface area contributed by atoms with Crippen LogP contribution in [0.15, 0.2) is 54.6 Å². The first-order chi connectivity index (χ1) is 9.83. The molecule has 3 heteroatoms. The lowest BCUT2D eigenvalue weighted by Crippen LogP contribution is -2.20. The van der Waals surface area contributed by atoms with E-state index >= 15 is 0 Å². The Labute approximate surface area is 119 Å². The average Bonchev–Trinajstić information content (AvgIpc) is 2.53. The Kier molecular flexibility index (Phi) is 4.89. The van der Waals surface area contributed by atoms with E-state index in [0.29, 0.717) is 18.7 Å². The van der Waals surface area contributed by atoms with E-state index in [4.69, 9.17) is 5.26 Å². The van der Waals surface area contributed by atoms with Crippen LogP contribution in [-0.4, -0.2) is 6.54 Å². The van der Waals surface area contributed by atoms with Crippen LogP contribution in [0.25, 0.3) is 0 Å². The number of nitriles is 2. The van der Waals surface area contributed by atoms with E-state index in [0.717, 1.165) is 11.1 Å². The molecule has 0 saturated heterocycles. The summed E-state index contributed by atoms with van der Waals surface area (Å²) in [4.78, 5) is 0. The minimum Gasteiger partial charge on any atom is -0.311 e. The van der Waals surface area contributed by atoms with Gasteiger partial charge in [0.1, 0.15) is 0 Å². The molecule has 0 saturated carbocycles. The fourth-order valence-electron chi connectivity index (χ4n) is 1.98. The zero-order chi connectivity index (χ0) is 14.2. The molecular weight excluding hydrogens is 246 g/mol. The molecule has 2 aromatic carbocycles. The molecule has 0 fully saturated rings. The second kappa shape index (κ2) is 7.09. The SMILES string of the molecule is N#Cc1ccc(CNCC(C#N)c2ccccc2)cc1. The van der Waals surface area contributed by atoms with Gasteiger partial charge < -0.3 is 5.32 Å². The van der Waals surface area contributed by atoms with E-state index in [-0.39, 0.29) is 5.92 Å². The fraction of sp³-hybridized carbons (Fsp3) is 0.176. The number of nitrogens with one attached hydrogen (secondary N) is 1. The highest BCUT2D eigenvalue weighted by Crippen LogP contribution is 2.13. The van der Waals surface area contributed by atoms with Gasteiger partial charge in [-0.3, -0.25) is 0 Å². The Hall–Kier alpha value is -2.62. The zero-order valence-corrected chi connectivity index (χ0v) is 11.1. The molecule has 2 aromatic rings. The van der Waals surface area contributed by atoms with Gasteiger partial charge in [-0.1, -0.05) is 42.5 Å². The number of hydrogen-bond donors (Lipinski definition) is 1. The Balaban J connectivity index is 1.88. The van der Waals surface area contributed by atoms with Gasteiger partial charge in [-0.15, -0.1) is 0 Å². The summed E-state index contributed by atoms with van der Waals surface area (Å²) in [5, 5.41) is 21.2. The number of benzene rings is 2. The van der Waals surface area contributed by atoms with Crippen molar-refractivity contribution >= 4 is 0 Å². The molecule has 98 valence electrons. The van der Waals surface area contributed by atoms with Crippen LogP contribution in [-0.2, 0) is 6.54 Å². The van der Waals surface area contributed by atoms with E-state index in [2.05, 4.69) is 17.5 Å². The summed E-state index contributed by atoms with van der Waals surface area (Å²) in [6.45, 7) is 1.30. The molecule has 0 heterocycles. The van der Waals surface area contributed by atoms with E-state index in [1.54, 1.807) is 12.1 Å². The van der Waals surface area contributed by atoms with Crippen molar-refractivity contribution in [3.05, 3.63) is 71.3 Å². The van der Waals surface area contributed by atoms with Crippen molar-refractivity contribution in [3.8, 4) is 12.1 Å². The van der Waals surface area contributed by atoms with Crippen LogP contribution in [0.1, 0.15) is 22.6 Å². The lowest BCUT2D eigenvalue weighted by atomic mass is 10.0. The van der Waals surface area contributed by atoms with Crippen molar-refractivity contribution in [2.45, 2.75) is 12.5 Å². The Morgan fingerprint density at radius 2 is 1.65 bits per heavy atom. The van der Waals surface area contributed by atoms with Gasteiger partial charge in [0, 0.05) is 13.1 Å². The summed E-state index contributed by atoms with van der Waals surface area (Å²) in [6, 6.07) is 21.6. The highest BCUT2D eigenvalue weighted by atomic mass is 14.9. The van der Waals surface area contributed by atoms with Gasteiger partial charge in [0.15, 0.2) is 0 Å². The summed E-state index contributed by atoms with van der Waals surface area (Å²) in [5.74, 6) is -0.144. The van der Waals surface area contributed by atoms with Crippen molar-refractivity contribution in [1.29, 1.82) is 10.5 Å². The van der Waals surface area contributed by atoms with E-state index in [1.807, 2.05) is 42.5 Å². The molecule has 0 aliphatic carbocycles. The summed E-state index contributed by atoms with van der Waals surface area (Å²) in [7, 11) is 0. The summed E-state index contributed by atoms with van der Waals surface area (Å²) in [5.41, 5.74) is 2.80. The standard InChI is InChI=1S/C17H15N3/c18-10-14-6-8-15(9-7-14)12-20-13-17(11-19)16-4-2-1-3-5-16/h1-9,17,20H,12-13H2. The maximum Gasteiger partial charge on any atom is 0.0991 e. The van der Waals surface area contributed by atoms with Crippen LogP contribution < -0.4 is 5.32 Å².